The summed E-state index contributed by atoms with van der Waals surface area (Å²) in [5, 5.41) is 12.9. The average Bonchev–Trinajstić information content (AvgIpc) is 2.05. The van der Waals surface area contributed by atoms with Gasteiger partial charge < -0.3 is 5.21 Å². The molecule has 0 spiro atoms. The first-order valence-corrected chi connectivity index (χ1v) is 4.33. The molecule has 0 radical (unpaired) electrons. The molecule has 0 aliphatic heterocycles. The molecule has 2 rings (SSSR count). The standard InChI is InChI=1S/C9H6BrNO.ClH/c10-9-2-1-8-6-11(12)4-3-7(8)5-9;/h1-6H;1H. The van der Waals surface area contributed by atoms with Crippen molar-refractivity contribution in [3.8, 4) is 0 Å². The normalized spacial score (nSPS) is 9.62. The van der Waals surface area contributed by atoms with Crippen molar-refractivity contribution in [2.24, 2.45) is 0 Å². The predicted octanol–water partition coefficient (Wildman–Crippen LogP) is 2.66. The SMILES string of the molecule is Cl.[O-][n+]1ccc2cc(Br)ccc2c1. The van der Waals surface area contributed by atoms with E-state index in [9.17, 15) is 5.21 Å². The zero-order valence-corrected chi connectivity index (χ0v) is 9.01. The average molecular weight is 261 g/mol. The lowest BCUT2D eigenvalue weighted by atomic mass is 10.2. The van der Waals surface area contributed by atoms with Gasteiger partial charge in [-0.05, 0) is 23.6 Å². The van der Waals surface area contributed by atoms with E-state index in [4.69, 9.17) is 0 Å². The largest absolute Gasteiger partial charge is 0.619 e. The van der Waals surface area contributed by atoms with Crippen LogP contribution < -0.4 is 4.73 Å². The number of halogens is 2. The molecule has 0 atom stereocenters. The molecule has 0 N–H and O–H groups in total. The van der Waals surface area contributed by atoms with E-state index in [1.807, 2.05) is 18.2 Å². The number of hydrogen-bond acceptors (Lipinski definition) is 1. The molecule has 1 aromatic carbocycles. The second kappa shape index (κ2) is 3.94. The molecule has 0 fully saturated rings. The highest BCUT2D eigenvalue weighted by Crippen LogP contribution is 2.17. The Hall–Kier alpha value is -0.800. The van der Waals surface area contributed by atoms with Crippen LogP contribution in [-0.4, -0.2) is 0 Å². The highest BCUT2D eigenvalue weighted by molar-refractivity contribution is 9.10. The predicted molar refractivity (Wildman–Crippen MR) is 57.9 cm³/mol. The summed E-state index contributed by atoms with van der Waals surface area (Å²) >= 11 is 3.37. The van der Waals surface area contributed by atoms with Crippen LogP contribution in [0.4, 0.5) is 0 Å². The third-order valence-electron chi connectivity index (χ3n) is 1.72. The van der Waals surface area contributed by atoms with E-state index < -0.39 is 0 Å². The van der Waals surface area contributed by atoms with Crippen molar-refractivity contribution < 1.29 is 4.73 Å². The summed E-state index contributed by atoms with van der Waals surface area (Å²) < 4.78 is 1.83. The maximum atomic E-state index is 10.9. The van der Waals surface area contributed by atoms with Gasteiger partial charge in [-0.25, -0.2) is 0 Å². The topological polar surface area (TPSA) is 26.9 Å². The molecule has 1 heterocycles. The zero-order chi connectivity index (χ0) is 8.55. The fourth-order valence-corrected chi connectivity index (χ4v) is 1.52. The third-order valence-corrected chi connectivity index (χ3v) is 2.21. The smallest absolute Gasteiger partial charge is 0.188 e. The second-order valence-electron chi connectivity index (χ2n) is 2.58. The van der Waals surface area contributed by atoms with Crippen LogP contribution >= 0.6 is 28.3 Å². The van der Waals surface area contributed by atoms with Crippen LogP contribution in [0.25, 0.3) is 10.8 Å². The van der Waals surface area contributed by atoms with Crippen LogP contribution in [0.3, 0.4) is 0 Å². The van der Waals surface area contributed by atoms with E-state index in [0.717, 1.165) is 20.0 Å². The Labute approximate surface area is 90.3 Å². The van der Waals surface area contributed by atoms with Gasteiger partial charge in [0.1, 0.15) is 0 Å². The summed E-state index contributed by atoms with van der Waals surface area (Å²) in [4.78, 5) is 0. The Morgan fingerprint density at radius 2 is 1.92 bits per heavy atom. The van der Waals surface area contributed by atoms with Gasteiger partial charge in [-0.2, -0.15) is 4.73 Å². The number of fused-ring (bicyclic) bond motifs is 1. The maximum Gasteiger partial charge on any atom is 0.188 e. The Morgan fingerprint density at radius 1 is 1.15 bits per heavy atom. The molecular formula is C9H7BrClNO. The molecule has 0 bridgehead atoms. The first-order valence-electron chi connectivity index (χ1n) is 3.54. The lowest BCUT2D eigenvalue weighted by Gasteiger charge is -1.98. The minimum atomic E-state index is 0. The fraction of sp³-hybridized carbons (Fsp3) is 0. The number of rotatable bonds is 0. The van der Waals surface area contributed by atoms with Gasteiger partial charge in [0.2, 0.25) is 0 Å². The first-order chi connectivity index (χ1) is 5.75. The molecule has 0 saturated carbocycles. The van der Waals surface area contributed by atoms with Crippen molar-refractivity contribution >= 4 is 39.1 Å². The molecule has 0 amide bonds. The molecule has 4 heteroatoms. The number of benzene rings is 1. The third kappa shape index (κ3) is 2.11. The van der Waals surface area contributed by atoms with Crippen molar-refractivity contribution in [2.45, 2.75) is 0 Å². The Kier molecular flexibility index (Phi) is 3.12. The molecule has 0 aliphatic carbocycles. The summed E-state index contributed by atoms with van der Waals surface area (Å²) in [5.41, 5.74) is 0. The summed E-state index contributed by atoms with van der Waals surface area (Å²) in [5.74, 6) is 0. The van der Waals surface area contributed by atoms with Crippen LogP contribution in [-0.2, 0) is 0 Å². The summed E-state index contributed by atoms with van der Waals surface area (Å²) in [6.07, 6.45) is 3.05. The van der Waals surface area contributed by atoms with Crippen molar-refractivity contribution in [1.29, 1.82) is 0 Å². The van der Waals surface area contributed by atoms with E-state index in [1.165, 1.54) is 6.20 Å². The van der Waals surface area contributed by atoms with E-state index in [0.29, 0.717) is 0 Å². The zero-order valence-electron chi connectivity index (χ0n) is 6.61. The lowest BCUT2D eigenvalue weighted by molar-refractivity contribution is -0.603. The first kappa shape index (κ1) is 10.3. The Balaban J connectivity index is 0.000000845. The van der Waals surface area contributed by atoms with Crippen LogP contribution in [0.1, 0.15) is 0 Å². The Bertz CT molecular complexity index is 392. The quantitative estimate of drug-likeness (QED) is 0.528. The van der Waals surface area contributed by atoms with E-state index in [1.54, 1.807) is 12.3 Å². The summed E-state index contributed by atoms with van der Waals surface area (Å²) in [7, 11) is 0. The van der Waals surface area contributed by atoms with Crippen LogP contribution in [0, 0.1) is 5.21 Å². The number of nitrogens with zero attached hydrogens (tertiary/aromatic N) is 1. The highest BCUT2D eigenvalue weighted by Gasteiger charge is 1.97. The van der Waals surface area contributed by atoms with E-state index in [-0.39, 0.29) is 12.4 Å². The van der Waals surface area contributed by atoms with Gasteiger partial charge in [0.25, 0.3) is 0 Å². The van der Waals surface area contributed by atoms with E-state index >= 15 is 0 Å². The minimum Gasteiger partial charge on any atom is -0.619 e. The van der Waals surface area contributed by atoms with Crippen LogP contribution in [0.2, 0.25) is 0 Å². The molecule has 0 saturated heterocycles. The van der Waals surface area contributed by atoms with Crippen molar-refractivity contribution in [1.82, 2.24) is 0 Å². The molecule has 68 valence electrons. The second-order valence-corrected chi connectivity index (χ2v) is 3.49. The maximum absolute atomic E-state index is 10.9. The van der Waals surface area contributed by atoms with Gasteiger partial charge in [-0.3, -0.25) is 0 Å². The summed E-state index contributed by atoms with van der Waals surface area (Å²) in [6.45, 7) is 0. The van der Waals surface area contributed by atoms with Crippen molar-refractivity contribution in [2.75, 3.05) is 0 Å². The molecule has 13 heavy (non-hydrogen) atoms. The minimum absolute atomic E-state index is 0. The molecule has 0 aliphatic rings. The van der Waals surface area contributed by atoms with Crippen molar-refractivity contribution in [3.05, 3.63) is 46.3 Å². The van der Waals surface area contributed by atoms with E-state index in [2.05, 4.69) is 15.9 Å². The van der Waals surface area contributed by atoms with Gasteiger partial charge in [-0.1, -0.05) is 15.9 Å². The lowest BCUT2D eigenvalue weighted by Crippen LogP contribution is -2.23. The van der Waals surface area contributed by atoms with Crippen LogP contribution in [0.5, 0.6) is 0 Å². The van der Waals surface area contributed by atoms with Gasteiger partial charge in [-0.15, -0.1) is 12.4 Å². The molecule has 2 aromatic rings. The molecule has 1 aromatic heterocycles. The van der Waals surface area contributed by atoms with Gasteiger partial charge >= 0.3 is 0 Å². The van der Waals surface area contributed by atoms with Gasteiger partial charge in [0.15, 0.2) is 12.4 Å². The number of pyridine rings is 1. The molecular weight excluding hydrogens is 253 g/mol. The van der Waals surface area contributed by atoms with Crippen LogP contribution in [0.15, 0.2) is 41.1 Å². The van der Waals surface area contributed by atoms with Gasteiger partial charge in [0, 0.05) is 15.9 Å². The summed E-state index contributed by atoms with van der Waals surface area (Å²) in [6, 6.07) is 7.61. The highest BCUT2D eigenvalue weighted by atomic mass is 79.9. The van der Waals surface area contributed by atoms with Crippen molar-refractivity contribution in [3.63, 3.8) is 0 Å². The monoisotopic (exact) mass is 259 g/mol. The number of aromatic nitrogens is 1. The Morgan fingerprint density at radius 3 is 2.69 bits per heavy atom. The van der Waals surface area contributed by atoms with Gasteiger partial charge in [0.05, 0.1) is 0 Å². The fourth-order valence-electron chi connectivity index (χ4n) is 1.14. The molecule has 0 unspecified atom stereocenters. The molecule has 2 nitrogen and oxygen atoms in total. The number of hydrogen-bond donors (Lipinski definition) is 0.